The van der Waals surface area contributed by atoms with Crippen LogP contribution in [0.15, 0.2) is 41.6 Å². The summed E-state index contributed by atoms with van der Waals surface area (Å²) in [4.78, 5) is 0. The molecule has 28 heavy (non-hydrogen) atoms. The summed E-state index contributed by atoms with van der Waals surface area (Å²) in [6.45, 7) is 14.2. The first-order chi connectivity index (χ1) is 13.2. The summed E-state index contributed by atoms with van der Waals surface area (Å²) >= 11 is 7.77. The number of halogens is 1. The van der Waals surface area contributed by atoms with Crippen molar-refractivity contribution in [3.8, 4) is 11.4 Å². The van der Waals surface area contributed by atoms with Crippen LogP contribution < -0.4 is 0 Å². The van der Waals surface area contributed by atoms with Gasteiger partial charge in [0, 0.05) is 22.9 Å². The van der Waals surface area contributed by atoms with Crippen molar-refractivity contribution in [2.45, 2.75) is 64.4 Å². The molecule has 5 heteroatoms. The van der Waals surface area contributed by atoms with Gasteiger partial charge in [-0.2, -0.15) is 0 Å². The highest BCUT2D eigenvalue weighted by Gasteiger charge is 2.18. The van der Waals surface area contributed by atoms with Gasteiger partial charge in [-0.15, -0.1) is 10.2 Å². The maximum atomic E-state index is 6.02. The molecule has 0 saturated carbocycles. The molecule has 148 valence electrons. The number of hydrogen-bond acceptors (Lipinski definition) is 3. The Morgan fingerprint density at radius 3 is 2.14 bits per heavy atom. The molecule has 3 nitrogen and oxygen atoms in total. The van der Waals surface area contributed by atoms with Gasteiger partial charge in [0.1, 0.15) is 0 Å². The van der Waals surface area contributed by atoms with E-state index in [1.54, 1.807) is 11.8 Å². The molecular formula is C23H28ClN3S. The van der Waals surface area contributed by atoms with Crippen molar-refractivity contribution in [3.05, 3.63) is 63.7 Å². The van der Waals surface area contributed by atoms with Crippen LogP contribution in [0, 0.1) is 13.8 Å². The van der Waals surface area contributed by atoms with Crippen LogP contribution in [0.4, 0.5) is 0 Å². The van der Waals surface area contributed by atoms with Crippen LogP contribution in [0.25, 0.3) is 11.4 Å². The minimum atomic E-state index is 0.164. The fourth-order valence-corrected chi connectivity index (χ4v) is 4.61. The van der Waals surface area contributed by atoms with E-state index in [4.69, 9.17) is 11.6 Å². The summed E-state index contributed by atoms with van der Waals surface area (Å²) in [5.41, 5.74) is 6.66. The molecule has 0 atom stereocenters. The average Bonchev–Trinajstić information content (AvgIpc) is 3.03. The first kappa shape index (κ1) is 20.9. The van der Waals surface area contributed by atoms with Crippen LogP contribution in [0.5, 0.6) is 0 Å². The van der Waals surface area contributed by atoms with Crippen molar-refractivity contribution in [2.75, 3.05) is 0 Å². The highest BCUT2D eigenvalue weighted by atomic mass is 35.5. The normalized spacial score (nSPS) is 11.8. The van der Waals surface area contributed by atoms with Gasteiger partial charge in [-0.25, -0.2) is 0 Å². The minimum Gasteiger partial charge on any atom is -0.302 e. The Balaban J connectivity index is 1.85. The lowest BCUT2D eigenvalue weighted by Crippen LogP contribution is -2.12. The van der Waals surface area contributed by atoms with Gasteiger partial charge < -0.3 is 4.57 Å². The number of thioether (sulfide) groups is 1. The van der Waals surface area contributed by atoms with E-state index < -0.39 is 0 Å². The van der Waals surface area contributed by atoms with E-state index in [0.29, 0.717) is 0 Å². The summed E-state index contributed by atoms with van der Waals surface area (Å²) in [6.07, 6.45) is 0. The SMILES string of the molecule is CCn1c(SCc2c(C)cc(C(C)(C)C)cc2C)nnc1-c1ccc(Cl)cc1. The summed E-state index contributed by atoms with van der Waals surface area (Å²) in [5.74, 6) is 1.78. The quantitative estimate of drug-likeness (QED) is 0.429. The molecule has 0 aliphatic rings. The number of nitrogens with zero attached hydrogens (tertiary/aromatic N) is 3. The number of hydrogen-bond donors (Lipinski definition) is 0. The van der Waals surface area contributed by atoms with E-state index in [1.807, 2.05) is 24.3 Å². The van der Waals surface area contributed by atoms with E-state index in [2.05, 4.69) is 68.4 Å². The Morgan fingerprint density at radius 2 is 1.61 bits per heavy atom. The van der Waals surface area contributed by atoms with Gasteiger partial charge in [-0.05, 0) is 72.7 Å². The van der Waals surface area contributed by atoms with Gasteiger partial charge in [0.15, 0.2) is 11.0 Å². The molecule has 1 heterocycles. The highest BCUT2D eigenvalue weighted by molar-refractivity contribution is 7.98. The molecule has 2 aromatic carbocycles. The number of aryl methyl sites for hydroxylation is 2. The molecule has 0 spiro atoms. The van der Waals surface area contributed by atoms with Crippen molar-refractivity contribution >= 4 is 23.4 Å². The van der Waals surface area contributed by atoms with Gasteiger partial charge in [0.05, 0.1) is 0 Å². The van der Waals surface area contributed by atoms with Gasteiger partial charge in [0.25, 0.3) is 0 Å². The molecule has 0 bridgehead atoms. The zero-order valence-corrected chi connectivity index (χ0v) is 19.1. The summed E-state index contributed by atoms with van der Waals surface area (Å²) < 4.78 is 2.17. The lowest BCUT2D eigenvalue weighted by molar-refractivity contribution is 0.589. The zero-order chi connectivity index (χ0) is 20.5. The summed E-state index contributed by atoms with van der Waals surface area (Å²) in [7, 11) is 0. The lowest BCUT2D eigenvalue weighted by atomic mass is 9.84. The Bertz CT molecular complexity index is 945. The third-order valence-electron chi connectivity index (χ3n) is 5.04. The van der Waals surface area contributed by atoms with Gasteiger partial charge in [-0.1, -0.05) is 56.3 Å². The maximum Gasteiger partial charge on any atom is 0.191 e. The first-order valence-electron chi connectivity index (χ1n) is 9.63. The average molecular weight is 414 g/mol. The molecule has 1 aromatic heterocycles. The van der Waals surface area contributed by atoms with Crippen LogP contribution >= 0.6 is 23.4 Å². The number of rotatable bonds is 5. The summed E-state index contributed by atoms with van der Waals surface area (Å²) in [6, 6.07) is 12.4. The predicted octanol–water partition coefficient (Wildman–Crippen LogP) is 6.83. The van der Waals surface area contributed by atoms with E-state index in [-0.39, 0.29) is 5.41 Å². The highest BCUT2D eigenvalue weighted by Crippen LogP contribution is 2.32. The largest absolute Gasteiger partial charge is 0.302 e. The Morgan fingerprint density at radius 1 is 1.00 bits per heavy atom. The topological polar surface area (TPSA) is 30.7 Å². The van der Waals surface area contributed by atoms with Crippen LogP contribution in [0.1, 0.15) is 49.9 Å². The minimum absolute atomic E-state index is 0.164. The summed E-state index contributed by atoms with van der Waals surface area (Å²) in [5, 5.41) is 10.6. The van der Waals surface area contributed by atoms with Gasteiger partial charge >= 0.3 is 0 Å². The second kappa shape index (κ2) is 8.30. The molecule has 0 unspecified atom stereocenters. The molecular weight excluding hydrogens is 386 g/mol. The third-order valence-corrected chi connectivity index (χ3v) is 6.29. The second-order valence-electron chi connectivity index (χ2n) is 8.18. The van der Waals surface area contributed by atoms with Crippen molar-refractivity contribution in [2.24, 2.45) is 0 Å². The Labute approximate surface area is 177 Å². The maximum absolute atomic E-state index is 6.02. The van der Waals surface area contributed by atoms with Crippen LogP contribution in [0.3, 0.4) is 0 Å². The predicted molar refractivity (Wildman–Crippen MR) is 120 cm³/mol. The smallest absolute Gasteiger partial charge is 0.191 e. The zero-order valence-electron chi connectivity index (χ0n) is 17.5. The molecule has 3 aromatic rings. The van der Waals surface area contributed by atoms with Gasteiger partial charge in [-0.3, -0.25) is 0 Å². The van der Waals surface area contributed by atoms with E-state index in [0.717, 1.165) is 33.9 Å². The van der Waals surface area contributed by atoms with E-state index >= 15 is 0 Å². The van der Waals surface area contributed by atoms with Crippen molar-refractivity contribution in [3.63, 3.8) is 0 Å². The lowest BCUT2D eigenvalue weighted by Gasteiger charge is -2.22. The molecule has 0 saturated heterocycles. The van der Waals surface area contributed by atoms with Crippen LogP contribution in [-0.2, 0) is 17.7 Å². The van der Waals surface area contributed by atoms with Crippen molar-refractivity contribution in [1.82, 2.24) is 14.8 Å². The van der Waals surface area contributed by atoms with Gasteiger partial charge in [0.2, 0.25) is 0 Å². The fraction of sp³-hybridized carbons (Fsp3) is 0.391. The fourth-order valence-electron chi connectivity index (χ4n) is 3.28. The molecule has 0 aliphatic heterocycles. The number of aromatic nitrogens is 3. The van der Waals surface area contributed by atoms with Crippen LogP contribution in [-0.4, -0.2) is 14.8 Å². The molecule has 0 amide bonds. The molecule has 0 aliphatic carbocycles. The van der Waals surface area contributed by atoms with Crippen molar-refractivity contribution < 1.29 is 0 Å². The molecule has 3 rings (SSSR count). The Hall–Kier alpha value is -1.78. The third kappa shape index (κ3) is 4.44. The van der Waals surface area contributed by atoms with Crippen LogP contribution in [0.2, 0.25) is 5.02 Å². The molecule has 0 radical (unpaired) electrons. The Kier molecular flexibility index (Phi) is 6.21. The van der Waals surface area contributed by atoms with E-state index in [1.165, 1.54) is 22.3 Å². The van der Waals surface area contributed by atoms with Crippen molar-refractivity contribution in [1.29, 1.82) is 0 Å². The first-order valence-corrected chi connectivity index (χ1v) is 11.0. The monoisotopic (exact) mass is 413 g/mol. The number of benzene rings is 2. The molecule has 0 fully saturated rings. The molecule has 0 N–H and O–H groups in total. The van der Waals surface area contributed by atoms with E-state index in [9.17, 15) is 0 Å². The standard InChI is InChI=1S/C23H28ClN3S/c1-7-27-21(17-8-10-19(24)11-9-17)25-26-22(27)28-14-20-15(2)12-18(13-16(20)3)23(4,5)6/h8-13H,7,14H2,1-6H3. The second-order valence-corrected chi connectivity index (χ2v) is 9.56.